The summed E-state index contributed by atoms with van der Waals surface area (Å²) >= 11 is 5.56. The molecule has 1 rings (SSSR count). The maximum atomic E-state index is 10.6. The predicted octanol–water partition coefficient (Wildman–Crippen LogP) is 2.91. The van der Waals surface area contributed by atoms with Crippen LogP contribution in [0.3, 0.4) is 0 Å². The van der Waals surface area contributed by atoms with Crippen molar-refractivity contribution in [2.24, 2.45) is 0 Å². The summed E-state index contributed by atoms with van der Waals surface area (Å²) in [4.78, 5) is 10.6. The lowest BCUT2D eigenvalue weighted by atomic mass is 10.2. The minimum atomic E-state index is 0.536. The van der Waals surface area contributed by atoms with Crippen LogP contribution in [0.5, 0.6) is 11.5 Å². The Morgan fingerprint density at radius 2 is 2.12 bits per heavy atom. The summed E-state index contributed by atoms with van der Waals surface area (Å²) in [5.74, 6) is 1.82. The predicted molar refractivity (Wildman–Crippen MR) is 63.8 cm³/mol. The highest BCUT2D eigenvalue weighted by Crippen LogP contribution is 2.28. The van der Waals surface area contributed by atoms with Gasteiger partial charge in [0.1, 0.15) is 6.29 Å². The number of hydrogen-bond donors (Lipinski definition) is 0. The number of benzene rings is 1. The lowest BCUT2D eigenvalue weighted by Crippen LogP contribution is -2.01. The first kappa shape index (κ1) is 12.8. The van der Waals surface area contributed by atoms with Crippen molar-refractivity contribution in [3.63, 3.8) is 0 Å². The molecule has 0 aliphatic carbocycles. The van der Waals surface area contributed by atoms with Crippen LogP contribution < -0.4 is 9.47 Å². The van der Waals surface area contributed by atoms with Gasteiger partial charge < -0.3 is 9.47 Å². The second kappa shape index (κ2) is 7.12. The van der Waals surface area contributed by atoms with Crippen LogP contribution >= 0.6 is 11.6 Å². The SMILES string of the molecule is CCOc1cc(C=O)ccc1OCCCCl. The lowest BCUT2D eigenvalue weighted by Gasteiger charge is -2.11. The Morgan fingerprint density at radius 1 is 1.31 bits per heavy atom. The van der Waals surface area contributed by atoms with E-state index in [2.05, 4.69) is 0 Å². The molecule has 16 heavy (non-hydrogen) atoms. The molecule has 0 saturated carbocycles. The molecule has 0 aliphatic rings. The molecule has 0 heterocycles. The molecule has 0 spiro atoms. The Kier molecular flexibility index (Phi) is 5.72. The molecule has 0 N–H and O–H groups in total. The summed E-state index contributed by atoms with van der Waals surface area (Å²) in [5.41, 5.74) is 0.577. The summed E-state index contributed by atoms with van der Waals surface area (Å²) in [5, 5.41) is 0. The largest absolute Gasteiger partial charge is 0.490 e. The molecule has 0 aromatic heterocycles. The lowest BCUT2D eigenvalue weighted by molar-refractivity contribution is 0.112. The van der Waals surface area contributed by atoms with Gasteiger partial charge in [-0.1, -0.05) is 0 Å². The Morgan fingerprint density at radius 3 is 2.75 bits per heavy atom. The molecule has 0 unspecified atom stereocenters. The molecule has 0 radical (unpaired) electrons. The number of alkyl halides is 1. The average Bonchev–Trinajstić information content (AvgIpc) is 2.31. The highest BCUT2D eigenvalue weighted by atomic mass is 35.5. The van der Waals surface area contributed by atoms with Gasteiger partial charge in [0.15, 0.2) is 11.5 Å². The Hall–Kier alpha value is -1.22. The fraction of sp³-hybridized carbons (Fsp3) is 0.417. The first-order valence-electron chi connectivity index (χ1n) is 5.22. The first-order chi connectivity index (χ1) is 7.81. The van der Waals surface area contributed by atoms with E-state index in [0.717, 1.165) is 12.7 Å². The van der Waals surface area contributed by atoms with E-state index in [-0.39, 0.29) is 0 Å². The second-order valence-corrected chi connectivity index (χ2v) is 3.53. The Labute approximate surface area is 100 Å². The van der Waals surface area contributed by atoms with E-state index >= 15 is 0 Å². The normalized spacial score (nSPS) is 9.88. The van der Waals surface area contributed by atoms with Crippen LogP contribution in [0.25, 0.3) is 0 Å². The third kappa shape index (κ3) is 3.74. The van der Waals surface area contributed by atoms with E-state index in [4.69, 9.17) is 21.1 Å². The molecule has 3 nitrogen and oxygen atoms in total. The van der Waals surface area contributed by atoms with Crippen LogP contribution in [0.2, 0.25) is 0 Å². The van der Waals surface area contributed by atoms with Gasteiger partial charge in [0, 0.05) is 11.4 Å². The van der Waals surface area contributed by atoms with Crippen LogP contribution in [-0.2, 0) is 0 Å². The third-order valence-corrected chi connectivity index (χ3v) is 2.21. The number of halogens is 1. The Balaban J connectivity index is 2.76. The molecular weight excluding hydrogens is 228 g/mol. The maximum absolute atomic E-state index is 10.6. The van der Waals surface area contributed by atoms with Gasteiger partial charge in [-0.25, -0.2) is 0 Å². The summed E-state index contributed by atoms with van der Waals surface area (Å²) < 4.78 is 10.9. The molecule has 0 fully saturated rings. The summed E-state index contributed by atoms with van der Waals surface area (Å²) in [6.45, 7) is 2.97. The van der Waals surface area contributed by atoms with Crippen molar-refractivity contribution in [2.45, 2.75) is 13.3 Å². The molecule has 88 valence electrons. The third-order valence-electron chi connectivity index (χ3n) is 1.94. The summed E-state index contributed by atoms with van der Waals surface area (Å²) in [6.07, 6.45) is 1.56. The van der Waals surface area contributed by atoms with Crippen molar-refractivity contribution in [3.05, 3.63) is 23.8 Å². The van der Waals surface area contributed by atoms with Crippen molar-refractivity contribution in [2.75, 3.05) is 19.1 Å². The quantitative estimate of drug-likeness (QED) is 0.419. The number of carbonyl (C=O) groups excluding carboxylic acids is 1. The van der Waals surface area contributed by atoms with E-state index < -0.39 is 0 Å². The fourth-order valence-electron chi connectivity index (χ4n) is 1.22. The van der Waals surface area contributed by atoms with Crippen LogP contribution in [0.1, 0.15) is 23.7 Å². The average molecular weight is 243 g/mol. The molecule has 0 amide bonds. The van der Waals surface area contributed by atoms with E-state index in [1.165, 1.54) is 0 Å². The van der Waals surface area contributed by atoms with Gasteiger partial charge in [0.25, 0.3) is 0 Å². The highest BCUT2D eigenvalue weighted by Gasteiger charge is 2.05. The monoisotopic (exact) mass is 242 g/mol. The first-order valence-corrected chi connectivity index (χ1v) is 5.76. The van der Waals surface area contributed by atoms with E-state index in [0.29, 0.717) is 36.2 Å². The minimum Gasteiger partial charge on any atom is -0.490 e. The molecule has 1 aromatic rings. The van der Waals surface area contributed by atoms with Crippen LogP contribution in [0.4, 0.5) is 0 Å². The van der Waals surface area contributed by atoms with Crippen LogP contribution in [0, 0.1) is 0 Å². The van der Waals surface area contributed by atoms with Gasteiger partial charge in [-0.3, -0.25) is 4.79 Å². The van der Waals surface area contributed by atoms with Gasteiger partial charge in [0.05, 0.1) is 13.2 Å². The maximum Gasteiger partial charge on any atom is 0.161 e. The van der Waals surface area contributed by atoms with Gasteiger partial charge in [-0.2, -0.15) is 0 Å². The highest BCUT2D eigenvalue weighted by molar-refractivity contribution is 6.17. The molecular formula is C12H15ClO3. The van der Waals surface area contributed by atoms with Crippen molar-refractivity contribution in [1.82, 2.24) is 0 Å². The van der Waals surface area contributed by atoms with E-state index in [1.54, 1.807) is 18.2 Å². The molecule has 1 aromatic carbocycles. The van der Waals surface area contributed by atoms with E-state index in [9.17, 15) is 4.79 Å². The standard InChI is InChI=1S/C12H15ClO3/c1-2-15-12-8-10(9-14)4-5-11(12)16-7-3-6-13/h4-5,8-9H,2-3,6-7H2,1H3. The molecule has 0 atom stereocenters. The summed E-state index contributed by atoms with van der Waals surface area (Å²) in [7, 11) is 0. The van der Waals surface area contributed by atoms with Gasteiger partial charge in [0.2, 0.25) is 0 Å². The van der Waals surface area contributed by atoms with Crippen molar-refractivity contribution < 1.29 is 14.3 Å². The van der Waals surface area contributed by atoms with Crippen LogP contribution in [-0.4, -0.2) is 25.4 Å². The fourth-order valence-corrected chi connectivity index (χ4v) is 1.33. The van der Waals surface area contributed by atoms with E-state index in [1.807, 2.05) is 6.92 Å². The molecule has 0 aliphatic heterocycles. The molecule has 0 bridgehead atoms. The number of rotatable bonds is 7. The minimum absolute atomic E-state index is 0.536. The Bertz CT molecular complexity index is 339. The van der Waals surface area contributed by atoms with Gasteiger partial charge >= 0.3 is 0 Å². The zero-order valence-electron chi connectivity index (χ0n) is 9.24. The van der Waals surface area contributed by atoms with Crippen molar-refractivity contribution in [1.29, 1.82) is 0 Å². The number of aldehydes is 1. The number of hydrogen-bond acceptors (Lipinski definition) is 3. The second-order valence-electron chi connectivity index (χ2n) is 3.15. The van der Waals surface area contributed by atoms with Gasteiger partial charge in [-0.05, 0) is 31.5 Å². The zero-order chi connectivity index (χ0) is 11.8. The topological polar surface area (TPSA) is 35.5 Å². The van der Waals surface area contributed by atoms with Crippen molar-refractivity contribution in [3.8, 4) is 11.5 Å². The van der Waals surface area contributed by atoms with Gasteiger partial charge in [-0.15, -0.1) is 11.6 Å². The molecule has 0 saturated heterocycles. The number of ether oxygens (including phenoxy) is 2. The number of carbonyl (C=O) groups is 1. The molecule has 4 heteroatoms. The zero-order valence-corrected chi connectivity index (χ0v) is 10.00. The van der Waals surface area contributed by atoms with Crippen molar-refractivity contribution >= 4 is 17.9 Å². The van der Waals surface area contributed by atoms with Crippen LogP contribution in [0.15, 0.2) is 18.2 Å². The smallest absolute Gasteiger partial charge is 0.161 e. The summed E-state index contributed by atoms with van der Waals surface area (Å²) in [6, 6.07) is 5.11.